The van der Waals surface area contributed by atoms with Gasteiger partial charge in [0.05, 0.1) is 19.6 Å². The van der Waals surface area contributed by atoms with Gasteiger partial charge in [0, 0.05) is 6.42 Å². The highest BCUT2D eigenvalue weighted by atomic mass is 32.1. The van der Waals surface area contributed by atoms with Gasteiger partial charge in [-0.1, -0.05) is 30.4 Å². The molecule has 1 aromatic heterocycles. The maximum atomic E-state index is 12.7. The van der Waals surface area contributed by atoms with Crippen molar-refractivity contribution in [1.29, 1.82) is 0 Å². The molecule has 28 heavy (non-hydrogen) atoms. The lowest BCUT2D eigenvalue weighted by Gasteiger charge is -2.19. The summed E-state index contributed by atoms with van der Waals surface area (Å²) in [6.45, 7) is 1.97. The highest BCUT2D eigenvalue weighted by Crippen LogP contribution is 2.24. The van der Waals surface area contributed by atoms with Crippen LogP contribution in [0.4, 0.5) is 18.3 Å². The molecule has 11 heteroatoms. The van der Waals surface area contributed by atoms with Crippen molar-refractivity contribution in [1.82, 2.24) is 15.5 Å². The third-order valence-electron chi connectivity index (χ3n) is 3.65. The first-order chi connectivity index (χ1) is 13.2. The first-order valence-electron chi connectivity index (χ1n) is 8.36. The first-order valence-corrected chi connectivity index (χ1v) is 9.18. The molecule has 1 aromatic carbocycles. The van der Waals surface area contributed by atoms with Gasteiger partial charge in [0.2, 0.25) is 11.0 Å². The maximum Gasteiger partial charge on any atom is 0.471 e. The Morgan fingerprint density at radius 1 is 1.21 bits per heavy atom. The molecule has 0 spiro atoms. The van der Waals surface area contributed by atoms with Crippen LogP contribution in [0.1, 0.15) is 36.4 Å². The van der Waals surface area contributed by atoms with Crippen LogP contribution < -0.4 is 15.4 Å². The number of nitrogens with zero attached hydrogens (tertiary/aromatic N) is 2. The van der Waals surface area contributed by atoms with Gasteiger partial charge >= 0.3 is 12.1 Å². The third-order valence-corrected chi connectivity index (χ3v) is 4.55. The smallest absolute Gasteiger partial charge is 0.471 e. The third kappa shape index (κ3) is 6.19. The van der Waals surface area contributed by atoms with E-state index in [1.165, 1.54) is 42.7 Å². The lowest BCUT2D eigenvalue weighted by Crippen LogP contribution is -2.40. The number of carbonyl (C=O) groups is 2. The van der Waals surface area contributed by atoms with E-state index in [-0.39, 0.29) is 5.13 Å². The van der Waals surface area contributed by atoms with Crippen molar-refractivity contribution in [3.63, 3.8) is 0 Å². The van der Waals surface area contributed by atoms with Gasteiger partial charge in [-0.15, -0.1) is 10.2 Å². The number of hydrogen-bond donors (Lipinski definition) is 2. The quantitative estimate of drug-likeness (QED) is 0.689. The average Bonchev–Trinajstić information content (AvgIpc) is 3.07. The summed E-state index contributed by atoms with van der Waals surface area (Å²) in [6, 6.07) is 4.85. The molecule has 0 saturated carbocycles. The Morgan fingerprint density at radius 3 is 2.46 bits per heavy atom. The average molecular weight is 416 g/mol. The predicted molar refractivity (Wildman–Crippen MR) is 97.1 cm³/mol. The zero-order chi connectivity index (χ0) is 20.7. The number of amides is 2. The second-order valence-electron chi connectivity index (χ2n) is 5.80. The second kappa shape index (κ2) is 9.49. The number of nitrogens with one attached hydrogen (secondary N) is 2. The zero-order valence-electron chi connectivity index (χ0n) is 15.2. The van der Waals surface area contributed by atoms with Crippen LogP contribution in [0.15, 0.2) is 24.3 Å². The molecule has 0 aliphatic heterocycles. The topological polar surface area (TPSA) is 93.2 Å². The van der Waals surface area contributed by atoms with Gasteiger partial charge in [-0.3, -0.25) is 9.59 Å². The Kier molecular flexibility index (Phi) is 7.32. The van der Waals surface area contributed by atoms with Gasteiger partial charge in [0.15, 0.2) is 0 Å². The molecule has 0 aliphatic carbocycles. The van der Waals surface area contributed by atoms with Crippen LogP contribution in [0.2, 0.25) is 0 Å². The number of aryl methyl sites for hydroxylation is 1. The van der Waals surface area contributed by atoms with Gasteiger partial charge in [-0.2, -0.15) is 13.2 Å². The van der Waals surface area contributed by atoms with E-state index in [1.807, 2.05) is 12.2 Å². The van der Waals surface area contributed by atoms with Crippen molar-refractivity contribution in [2.45, 2.75) is 38.4 Å². The van der Waals surface area contributed by atoms with E-state index >= 15 is 0 Å². The summed E-state index contributed by atoms with van der Waals surface area (Å²) < 4.78 is 43.0. The molecule has 1 heterocycles. The number of anilines is 1. The fraction of sp³-hybridized carbons (Fsp3) is 0.412. The lowest BCUT2D eigenvalue weighted by atomic mass is 10.0. The molecule has 0 radical (unpaired) electrons. The van der Waals surface area contributed by atoms with E-state index in [9.17, 15) is 22.8 Å². The molecule has 152 valence electrons. The molecule has 0 saturated heterocycles. The van der Waals surface area contributed by atoms with Crippen LogP contribution in [0.3, 0.4) is 0 Å². The van der Waals surface area contributed by atoms with E-state index in [2.05, 4.69) is 15.5 Å². The SMILES string of the molecule is CCCc1nnc(NC(=O)C[C@@H](NC(=O)C(F)(F)F)c2ccc(OC)cc2)s1. The van der Waals surface area contributed by atoms with Crippen LogP contribution in [-0.2, 0) is 16.0 Å². The second-order valence-corrected chi connectivity index (χ2v) is 6.86. The van der Waals surface area contributed by atoms with E-state index < -0.39 is 30.5 Å². The number of ether oxygens (including phenoxy) is 1. The number of benzene rings is 1. The van der Waals surface area contributed by atoms with Crippen LogP contribution in [0.25, 0.3) is 0 Å². The Hall–Kier alpha value is -2.69. The number of halogens is 3. The van der Waals surface area contributed by atoms with Crippen molar-refractivity contribution < 1.29 is 27.5 Å². The number of alkyl halides is 3. The Labute approximate surface area is 163 Å². The molecular formula is C17H19F3N4O3S. The summed E-state index contributed by atoms with van der Waals surface area (Å²) in [4.78, 5) is 23.7. The van der Waals surface area contributed by atoms with E-state index in [0.29, 0.717) is 17.7 Å². The van der Waals surface area contributed by atoms with Gasteiger partial charge < -0.3 is 15.4 Å². The molecular weight excluding hydrogens is 397 g/mol. The number of hydrogen-bond acceptors (Lipinski definition) is 6. The molecule has 2 N–H and O–H groups in total. The first kappa shape index (κ1) is 21.6. The largest absolute Gasteiger partial charge is 0.497 e. The standard InChI is InChI=1S/C17H19F3N4O3S/c1-3-4-14-23-24-16(28-14)22-13(25)9-12(21-15(26)17(18,19)20)10-5-7-11(27-2)8-6-10/h5-8,12H,3-4,9H2,1-2H3,(H,21,26)(H,22,24,25)/t12-/m1/s1. The Morgan fingerprint density at radius 2 is 1.89 bits per heavy atom. The predicted octanol–water partition coefficient (Wildman–Crippen LogP) is 3.25. The lowest BCUT2D eigenvalue weighted by molar-refractivity contribution is -0.174. The van der Waals surface area contributed by atoms with Crippen LogP contribution in [0.5, 0.6) is 5.75 Å². The van der Waals surface area contributed by atoms with Crippen molar-refractivity contribution in [3.8, 4) is 5.75 Å². The Bertz CT molecular complexity index is 809. The summed E-state index contributed by atoms with van der Waals surface area (Å²) in [5.41, 5.74) is 0.331. The molecule has 7 nitrogen and oxygen atoms in total. The molecule has 1 atom stereocenters. The summed E-state index contributed by atoms with van der Waals surface area (Å²) >= 11 is 1.19. The van der Waals surface area contributed by atoms with E-state index in [0.717, 1.165) is 11.4 Å². The fourth-order valence-electron chi connectivity index (χ4n) is 2.30. The summed E-state index contributed by atoms with van der Waals surface area (Å²) in [5, 5.41) is 13.1. The van der Waals surface area contributed by atoms with Gasteiger partial charge in [-0.25, -0.2) is 0 Å². The minimum atomic E-state index is -5.06. The molecule has 2 amide bonds. The van der Waals surface area contributed by atoms with Crippen LogP contribution >= 0.6 is 11.3 Å². The summed E-state index contributed by atoms with van der Waals surface area (Å²) in [5.74, 6) is -2.23. The van der Waals surface area contributed by atoms with Crippen LogP contribution in [0, 0.1) is 0 Å². The minimum Gasteiger partial charge on any atom is -0.497 e. The Balaban J connectivity index is 2.12. The summed E-state index contributed by atoms with van der Waals surface area (Å²) in [6.07, 6.45) is -3.89. The normalized spacial score (nSPS) is 12.3. The van der Waals surface area contributed by atoms with Crippen molar-refractivity contribution >= 4 is 28.3 Å². The molecule has 0 bridgehead atoms. The number of rotatable bonds is 8. The molecule has 2 aromatic rings. The molecule has 2 rings (SSSR count). The van der Waals surface area contributed by atoms with Crippen molar-refractivity contribution in [2.75, 3.05) is 12.4 Å². The molecule has 0 aliphatic rings. The summed E-state index contributed by atoms with van der Waals surface area (Å²) in [7, 11) is 1.44. The van der Waals surface area contributed by atoms with Gasteiger partial charge in [0.25, 0.3) is 0 Å². The highest BCUT2D eigenvalue weighted by molar-refractivity contribution is 7.15. The van der Waals surface area contributed by atoms with Gasteiger partial charge in [-0.05, 0) is 24.1 Å². The monoisotopic (exact) mass is 416 g/mol. The van der Waals surface area contributed by atoms with Crippen molar-refractivity contribution in [2.24, 2.45) is 0 Å². The number of methoxy groups -OCH3 is 1. The fourth-order valence-corrected chi connectivity index (χ4v) is 3.16. The van der Waals surface area contributed by atoms with E-state index in [1.54, 1.807) is 0 Å². The van der Waals surface area contributed by atoms with E-state index in [4.69, 9.17) is 4.74 Å². The highest BCUT2D eigenvalue weighted by Gasteiger charge is 2.40. The molecule has 0 unspecified atom stereocenters. The van der Waals surface area contributed by atoms with Crippen molar-refractivity contribution in [3.05, 3.63) is 34.8 Å². The van der Waals surface area contributed by atoms with Crippen LogP contribution in [-0.4, -0.2) is 35.3 Å². The zero-order valence-corrected chi connectivity index (χ0v) is 16.0. The number of aromatic nitrogens is 2. The van der Waals surface area contributed by atoms with Gasteiger partial charge in [0.1, 0.15) is 10.8 Å². The maximum absolute atomic E-state index is 12.7. The number of carbonyl (C=O) groups excluding carboxylic acids is 2. The molecule has 0 fully saturated rings. The minimum absolute atomic E-state index is 0.254.